The Morgan fingerprint density at radius 1 is 1.07 bits per heavy atom. The van der Waals surface area contributed by atoms with Gasteiger partial charge in [-0.3, -0.25) is 4.79 Å². The predicted octanol–water partition coefficient (Wildman–Crippen LogP) is 3.39. The lowest BCUT2D eigenvalue weighted by Gasteiger charge is -2.26. The quantitative estimate of drug-likeness (QED) is 0.739. The molecule has 0 bridgehead atoms. The van der Waals surface area contributed by atoms with Crippen molar-refractivity contribution in [2.75, 3.05) is 13.1 Å². The number of benzene rings is 2. The predicted molar refractivity (Wildman–Crippen MR) is 103 cm³/mol. The van der Waals surface area contributed by atoms with Crippen molar-refractivity contribution in [1.29, 1.82) is 0 Å². The Kier molecular flexibility index (Phi) is 6.81. The van der Waals surface area contributed by atoms with Crippen molar-refractivity contribution >= 4 is 15.9 Å². The van der Waals surface area contributed by atoms with Crippen molar-refractivity contribution in [3.8, 4) is 5.75 Å². The van der Waals surface area contributed by atoms with Gasteiger partial charge in [-0.1, -0.05) is 30.7 Å². The van der Waals surface area contributed by atoms with Crippen LogP contribution in [0, 0.1) is 0 Å². The lowest BCUT2D eigenvalue weighted by molar-refractivity contribution is -0.0501. The van der Waals surface area contributed by atoms with E-state index >= 15 is 0 Å². The average molecular weight is 424 g/mol. The van der Waals surface area contributed by atoms with Crippen LogP contribution in [0.5, 0.6) is 5.75 Å². The number of hydrogen-bond acceptors (Lipinski definition) is 4. The van der Waals surface area contributed by atoms with E-state index in [-0.39, 0.29) is 22.8 Å². The summed E-state index contributed by atoms with van der Waals surface area (Å²) in [5.74, 6) is -0.813. The highest BCUT2D eigenvalue weighted by Crippen LogP contribution is 2.22. The van der Waals surface area contributed by atoms with E-state index in [0.29, 0.717) is 18.7 Å². The molecule has 1 aliphatic rings. The van der Waals surface area contributed by atoms with Gasteiger partial charge in [0.2, 0.25) is 10.0 Å². The molecular weight excluding hydrogens is 402 g/mol. The lowest BCUT2D eigenvalue weighted by Crippen LogP contribution is -2.35. The van der Waals surface area contributed by atoms with Gasteiger partial charge in [0, 0.05) is 19.6 Å². The second-order valence-electron chi connectivity index (χ2n) is 6.67. The summed E-state index contributed by atoms with van der Waals surface area (Å²) in [6, 6.07) is 12.1. The van der Waals surface area contributed by atoms with Crippen LogP contribution in [0.3, 0.4) is 0 Å². The van der Waals surface area contributed by atoms with Gasteiger partial charge in [0.25, 0.3) is 5.91 Å². The van der Waals surface area contributed by atoms with Crippen LogP contribution in [0.2, 0.25) is 0 Å². The number of nitrogens with zero attached hydrogens (tertiary/aromatic N) is 1. The smallest absolute Gasteiger partial charge is 0.387 e. The minimum absolute atomic E-state index is 0.0232. The van der Waals surface area contributed by atoms with Gasteiger partial charge in [0.15, 0.2) is 0 Å². The largest absolute Gasteiger partial charge is 0.434 e. The average Bonchev–Trinajstić information content (AvgIpc) is 2.73. The van der Waals surface area contributed by atoms with Gasteiger partial charge in [-0.25, -0.2) is 8.42 Å². The van der Waals surface area contributed by atoms with E-state index < -0.39 is 22.5 Å². The molecule has 0 saturated carbocycles. The highest BCUT2D eigenvalue weighted by Gasteiger charge is 2.26. The zero-order valence-electron chi connectivity index (χ0n) is 15.7. The number of rotatable bonds is 7. The number of hydrogen-bond donors (Lipinski definition) is 1. The molecule has 1 saturated heterocycles. The Balaban J connectivity index is 1.71. The molecule has 3 rings (SSSR count). The number of piperidine rings is 1. The second-order valence-corrected chi connectivity index (χ2v) is 8.61. The van der Waals surface area contributed by atoms with Crippen LogP contribution in [0.15, 0.2) is 53.4 Å². The van der Waals surface area contributed by atoms with E-state index in [1.165, 1.54) is 34.6 Å². The summed E-state index contributed by atoms with van der Waals surface area (Å²) in [6.07, 6.45) is 2.71. The molecule has 1 fully saturated rings. The zero-order chi connectivity index (χ0) is 20.9. The number of amides is 1. The first-order valence-electron chi connectivity index (χ1n) is 9.29. The maximum atomic E-state index is 12.8. The standard InChI is InChI=1S/C20H22F2N2O4S/c21-20(22)28-18-10-3-2-9-17(18)19(25)23-14-15-7-6-8-16(13-15)29(26,27)24-11-4-1-5-12-24/h2-3,6-10,13,20H,1,4-5,11-12,14H2,(H,23,25). The second kappa shape index (κ2) is 9.32. The SMILES string of the molecule is O=C(NCc1cccc(S(=O)(=O)N2CCCCC2)c1)c1ccccc1OC(F)F. The molecule has 0 aromatic heterocycles. The van der Waals surface area contributed by atoms with Crippen LogP contribution in [-0.4, -0.2) is 38.3 Å². The van der Waals surface area contributed by atoms with Crippen LogP contribution in [0.4, 0.5) is 8.78 Å². The summed E-state index contributed by atoms with van der Waals surface area (Å²) in [5, 5.41) is 2.61. The molecule has 1 aliphatic heterocycles. The van der Waals surface area contributed by atoms with Crippen molar-refractivity contribution in [3.05, 3.63) is 59.7 Å². The molecule has 6 nitrogen and oxygen atoms in total. The fourth-order valence-corrected chi connectivity index (χ4v) is 4.79. The molecule has 0 atom stereocenters. The maximum Gasteiger partial charge on any atom is 0.387 e. The third kappa shape index (κ3) is 5.30. The molecule has 0 unspecified atom stereocenters. The fourth-order valence-electron chi connectivity index (χ4n) is 3.20. The number of ether oxygens (including phenoxy) is 1. The number of sulfonamides is 1. The third-order valence-corrected chi connectivity index (χ3v) is 6.55. The van der Waals surface area contributed by atoms with E-state index in [1.807, 2.05) is 0 Å². The fraction of sp³-hybridized carbons (Fsp3) is 0.350. The molecule has 1 N–H and O–H groups in total. The highest BCUT2D eigenvalue weighted by atomic mass is 32.2. The molecule has 2 aromatic rings. The molecule has 156 valence electrons. The van der Waals surface area contributed by atoms with Gasteiger partial charge >= 0.3 is 6.61 Å². The topological polar surface area (TPSA) is 75.7 Å². The van der Waals surface area contributed by atoms with Gasteiger partial charge in [-0.05, 0) is 42.7 Å². The molecule has 1 heterocycles. The number of carbonyl (C=O) groups excluding carboxylic acids is 1. The Morgan fingerprint density at radius 3 is 2.52 bits per heavy atom. The third-order valence-electron chi connectivity index (χ3n) is 4.65. The van der Waals surface area contributed by atoms with Crippen LogP contribution >= 0.6 is 0 Å². The minimum Gasteiger partial charge on any atom is -0.434 e. The van der Waals surface area contributed by atoms with E-state index in [2.05, 4.69) is 10.1 Å². The van der Waals surface area contributed by atoms with Crippen molar-refractivity contribution in [3.63, 3.8) is 0 Å². The van der Waals surface area contributed by atoms with E-state index in [0.717, 1.165) is 19.3 Å². The molecule has 2 aromatic carbocycles. The monoisotopic (exact) mass is 424 g/mol. The number of carbonyl (C=O) groups is 1. The van der Waals surface area contributed by atoms with E-state index in [9.17, 15) is 22.0 Å². The van der Waals surface area contributed by atoms with Gasteiger partial charge < -0.3 is 10.1 Å². The minimum atomic E-state index is -3.58. The summed E-state index contributed by atoms with van der Waals surface area (Å²) in [7, 11) is -3.58. The summed E-state index contributed by atoms with van der Waals surface area (Å²) >= 11 is 0. The molecular formula is C20H22F2N2O4S. The van der Waals surface area contributed by atoms with Crippen LogP contribution < -0.4 is 10.1 Å². The lowest BCUT2D eigenvalue weighted by atomic mass is 10.1. The summed E-state index contributed by atoms with van der Waals surface area (Å²) in [4.78, 5) is 12.6. The maximum absolute atomic E-state index is 12.8. The normalized spacial score (nSPS) is 15.3. The molecule has 0 radical (unpaired) electrons. The molecule has 29 heavy (non-hydrogen) atoms. The number of halogens is 2. The first-order valence-corrected chi connectivity index (χ1v) is 10.7. The van der Waals surface area contributed by atoms with Crippen molar-refractivity contribution < 1.29 is 26.7 Å². The van der Waals surface area contributed by atoms with Crippen LogP contribution in [0.1, 0.15) is 35.2 Å². The van der Waals surface area contributed by atoms with Gasteiger partial charge in [0.05, 0.1) is 10.5 Å². The number of nitrogens with one attached hydrogen (secondary N) is 1. The van der Waals surface area contributed by atoms with Crippen molar-refractivity contribution in [1.82, 2.24) is 9.62 Å². The zero-order valence-corrected chi connectivity index (χ0v) is 16.5. The summed E-state index contributed by atoms with van der Waals surface area (Å²) in [6.45, 7) is -1.99. The van der Waals surface area contributed by atoms with Crippen molar-refractivity contribution in [2.24, 2.45) is 0 Å². The molecule has 0 aliphatic carbocycles. The summed E-state index contributed by atoms with van der Waals surface area (Å²) < 4.78 is 56.5. The molecule has 0 spiro atoms. The Bertz CT molecular complexity index is 960. The highest BCUT2D eigenvalue weighted by molar-refractivity contribution is 7.89. The Morgan fingerprint density at radius 2 is 1.79 bits per heavy atom. The van der Waals surface area contributed by atoms with E-state index in [1.54, 1.807) is 18.2 Å². The summed E-state index contributed by atoms with van der Waals surface area (Å²) in [5.41, 5.74) is 0.564. The molecule has 9 heteroatoms. The van der Waals surface area contributed by atoms with Gasteiger partial charge in [0.1, 0.15) is 5.75 Å². The first kappa shape index (κ1) is 21.2. The Hall–Kier alpha value is -2.52. The van der Waals surface area contributed by atoms with Gasteiger partial charge in [-0.15, -0.1) is 0 Å². The van der Waals surface area contributed by atoms with E-state index in [4.69, 9.17) is 0 Å². The first-order chi connectivity index (χ1) is 13.9. The number of alkyl halides is 2. The van der Waals surface area contributed by atoms with Crippen LogP contribution in [-0.2, 0) is 16.6 Å². The van der Waals surface area contributed by atoms with Crippen molar-refractivity contribution in [2.45, 2.75) is 37.3 Å². The molecule has 1 amide bonds. The van der Waals surface area contributed by atoms with Crippen LogP contribution in [0.25, 0.3) is 0 Å². The number of para-hydroxylation sites is 1. The Labute approximate surface area is 168 Å². The van der Waals surface area contributed by atoms with Gasteiger partial charge in [-0.2, -0.15) is 13.1 Å².